The molecule has 0 fully saturated rings. The molecule has 0 aromatic heterocycles. The molecule has 0 radical (unpaired) electrons. The van der Waals surface area contributed by atoms with Gasteiger partial charge in [0.1, 0.15) is 13.2 Å². The Balaban J connectivity index is 4.27. The van der Waals surface area contributed by atoms with E-state index < -0.39 is 6.10 Å². The van der Waals surface area contributed by atoms with Crippen molar-refractivity contribution >= 4 is 17.9 Å². The van der Waals surface area contributed by atoms with E-state index >= 15 is 0 Å². The summed E-state index contributed by atoms with van der Waals surface area (Å²) in [5.41, 5.74) is 0. The lowest BCUT2D eigenvalue weighted by Gasteiger charge is -2.18. The van der Waals surface area contributed by atoms with Gasteiger partial charge < -0.3 is 14.2 Å². The minimum Gasteiger partial charge on any atom is -0.462 e. The minimum atomic E-state index is -0.786. The van der Waals surface area contributed by atoms with Crippen LogP contribution < -0.4 is 0 Å². The highest BCUT2D eigenvalue weighted by Crippen LogP contribution is 2.16. The summed E-state index contributed by atoms with van der Waals surface area (Å²) >= 11 is 0. The highest BCUT2D eigenvalue weighted by molar-refractivity contribution is 5.71. The maximum Gasteiger partial charge on any atom is 0.306 e. The Kier molecular flexibility index (Phi) is 62.3. The van der Waals surface area contributed by atoms with Crippen molar-refractivity contribution in [2.24, 2.45) is 0 Å². The van der Waals surface area contributed by atoms with E-state index in [1.165, 1.54) is 128 Å². The van der Waals surface area contributed by atoms with Crippen LogP contribution in [0.3, 0.4) is 0 Å². The van der Waals surface area contributed by atoms with Crippen LogP contribution in [-0.2, 0) is 28.6 Å². The van der Waals surface area contributed by atoms with E-state index in [-0.39, 0.29) is 31.1 Å². The van der Waals surface area contributed by atoms with Gasteiger partial charge in [0.25, 0.3) is 0 Å². The maximum atomic E-state index is 12.9. The molecule has 0 aliphatic rings. The molecule has 1 unspecified atom stereocenters. The fourth-order valence-corrected chi connectivity index (χ4v) is 9.11. The second kappa shape index (κ2) is 65.6. The van der Waals surface area contributed by atoms with Crippen molar-refractivity contribution in [2.75, 3.05) is 13.2 Å². The summed E-state index contributed by atoms with van der Waals surface area (Å²) in [4.78, 5) is 38.3. The zero-order valence-electron chi connectivity index (χ0n) is 51.2. The van der Waals surface area contributed by atoms with Crippen LogP contribution in [0.1, 0.15) is 310 Å². The van der Waals surface area contributed by atoms with Crippen molar-refractivity contribution in [2.45, 2.75) is 316 Å². The average Bonchev–Trinajstić information content (AvgIpc) is 3.44. The van der Waals surface area contributed by atoms with Gasteiger partial charge in [0, 0.05) is 19.3 Å². The first-order chi connectivity index (χ1) is 38.5. The fraction of sp³-hybridized carbons (Fsp3) is 0.708. The third-order valence-electron chi connectivity index (χ3n) is 14.0. The van der Waals surface area contributed by atoms with Crippen molar-refractivity contribution in [1.29, 1.82) is 0 Å². The number of hydrogen-bond acceptors (Lipinski definition) is 6. The first-order valence-electron chi connectivity index (χ1n) is 32.9. The molecule has 6 heteroatoms. The van der Waals surface area contributed by atoms with E-state index in [1.54, 1.807) is 0 Å². The Hall–Kier alpha value is -3.93. The van der Waals surface area contributed by atoms with E-state index in [0.717, 1.165) is 141 Å². The van der Waals surface area contributed by atoms with E-state index in [9.17, 15) is 14.4 Å². The van der Waals surface area contributed by atoms with Gasteiger partial charge in [-0.25, -0.2) is 0 Å². The van der Waals surface area contributed by atoms with E-state index in [0.29, 0.717) is 19.3 Å². The SMILES string of the molecule is CC/C=C\C/C=C\C/C=C\C/C=C\C/C=C\C/C=C\C/C=C\CCCCCCCCCCCC(=O)OCC(COC(=O)CCCCCCC/C=C\C/C=C\CCC)OC(=O)CCCCCCCCCCCCCCCCCC. The molecule has 6 nitrogen and oxygen atoms in total. The number of carbonyl (C=O) groups excluding carboxylic acids is 3. The normalized spacial score (nSPS) is 12.8. The topological polar surface area (TPSA) is 78.9 Å². The predicted octanol–water partition coefficient (Wildman–Crippen LogP) is 22.6. The zero-order valence-corrected chi connectivity index (χ0v) is 51.2. The molecule has 0 N–H and O–H groups in total. The number of rotatable bonds is 59. The van der Waals surface area contributed by atoms with Gasteiger partial charge in [-0.2, -0.15) is 0 Å². The highest BCUT2D eigenvalue weighted by Gasteiger charge is 2.19. The number of ether oxygens (including phenoxy) is 3. The Morgan fingerprint density at radius 1 is 0.269 bits per heavy atom. The molecule has 0 rings (SSSR count). The number of esters is 3. The zero-order chi connectivity index (χ0) is 56.4. The first-order valence-corrected chi connectivity index (χ1v) is 32.9. The van der Waals surface area contributed by atoms with Gasteiger partial charge in [-0.15, -0.1) is 0 Å². The molecule has 0 saturated heterocycles. The lowest BCUT2D eigenvalue weighted by molar-refractivity contribution is -0.167. The van der Waals surface area contributed by atoms with Crippen LogP contribution in [0, 0.1) is 0 Å². The first kappa shape index (κ1) is 74.1. The molecule has 0 amide bonds. The maximum absolute atomic E-state index is 12.9. The van der Waals surface area contributed by atoms with Crippen LogP contribution in [0.2, 0.25) is 0 Å². The molecule has 0 aliphatic heterocycles. The van der Waals surface area contributed by atoms with Crippen molar-refractivity contribution in [3.63, 3.8) is 0 Å². The monoisotopic (exact) mass is 1080 g/mol. The summed E-state index contributed by atoms with van der Waals surface area (Å²) in [7, 11) is 0. The Labute approximate surface area is 482 Å². The highest BCUT2D eigenvalue weighted by atomic mass is 16.6. The molecule has 0 spiro atoms. The van der Waals surface area contributed by atoms with Crippen LogP contribution >= 0.6 is 0 Å². The van der Waals surface area contributed by atoms with Gasteiger partial charge in [0.15, 0.2) is 6.10 Å². The van der Waals surface area contributed by atoms with Gasteiger partial charge in [-0.1, -0.05) is 297 Å². The lowest BCUT2D eigenvalue weighted by atomic mass is 10.0. The molecule has 0 bridgehead atoms. The van der Waals surface area contributed by atoms with Gasteiger partial charge in [0.05, 0.1) is 0 Å². The summed E-state index contributed by atoms with van der Waals surface area (Å²) in [5, 5.41) is 0. The molecule has 446 valence electrons. The van der Waals surface area contributed by atoms with E-state index in [1.807, 2.05) is 0 Å². The number of hydrogen-bond donors (Lipinski definition) is 0. The molecular formula is C72H122O6. The van der Waals surface area contributed by atoms with Gasteiger partial charge >= 0.3 is 17.9 Å². The number of carbonyl (C=O) groups is 3. The molecule has 0 aromatic rings. The Morgan fingerprint density at radius 3 is 0.833 bits per heavy atom. The van der Waals surface area contributed by atoms with Crippen LogP contribution in [0.15, 0.2) is 109 Å². The minimum absolute atomic E-state index is 0.0838. The summed E-state index contributed by atoms with van der Waals surface area (Å²) in [6.07, 6.45) is 89.5. The standard InChI is InChI=1S/C72H122O6/c1-4-7-10-13-16-19-22-25-27-29-30-31-32-33-34-35-36-37-38-39-40-41-42-43-45-47-50-53-56-59-62-65-71(74)77-68-69(67-76-70(73)64-61-58-55-52-49-46-24-21-18-15-12-9-6-3)78-72(75)66-63-60-57-54-51-48-44-28-26-23-20-17-14-11-8-5-2/h7,10,12,15-16,19,21,24-25,27,30-31,33-34,36-37,39-40,69H,4-6,8-9,11,13-14,17-18,20,22-23,26,28-29,32,35,38,41-68H2,1-3H3/b10-7-,15-12-,19-16-,24-21-,27-25-,31-30-,34-33-,37-36-,40-39-. The Morgan fingerprint density at radius 2 is 0.526 bits per heavy atom. The number of unbranched alkanes of at least 4 members (excludes halogenated alkanes) is 30. The third-order valence-corrected chi connectivity index (χ3v) is 14.0. The average molecular weight is 1080 g/mol. The molecule has 1 atom stereocenters. The second-order valence-corrected chi connectivity index (χ2v) is 21.6. The van der Waals surface area contributed by atoms with Crippen molar-refractivity contribution in [3.8, 4) is 0 Å². The smallest absolute Gasteiger partial charge is 0.306 e. The van der Waals surface area contributed by atoms with Crippen molar-refractivity contribution in [3.05, 3.63) is 109 Å². The lowest BCUT2D eigenvalue weighted by Crippen LogP contribution is -2.30. The predicted molar refractivity (Wildman–Crippen MR) is 339 cm³/mol. The van der Waals surface area contributed by atoms with Gasteiger partial charge in [-0.3, -0.25) is 14.4 Å². The van der Waals surface area contributed by atoms with Crippen LogP contribution in [0.25, 0.3) is 0 Å². The number of allylic oxidation sites excluding steroid dienone is 18. The molecule has 78 heavy (non-hydrogen) atoms. The van der Waals surface area contributed by atoms with Gasteiger partial charge in [0.2, 0.25) is 0 Å². The molecule has 0 saturated carbocycles. The van der Waals surface area contributed by atoms with Gasteiger partial charge in [-0.05, 0) is 103 Å². The van der Waals surface area contributed by atoms with Crippen LogP contribution in [0.4, 0.5) is 0 Å². The summed E-state index contributed by atoms with van der Waals surface area (Å²) in [6.45, 7) is 6.47. The Bertz CT molecular complexity index is 1570. The third kappa shape index (κ3) is 62.9. The van der Waals surface area contributed by atoms with E-state index in [2.05, 4.69) is 130 Å². The van der Waals surface area contributed by atoms with Crippen molar-refractivity contribution in [1.82, 2.24) is 0 Å². The summed E-state index contributed by atoms with van der Waals surface area (Å²) in [5.74, 6) is -0.893. The summed E-state index contributed by atoms with van der Waals surface area (Å²) < 4.78 is 16.9. The van der Waals surface area contributed by atoms with Crippen LogP contribution in [0.5, 0.6) is 0 Å². The second-order valence-electron chi connectivity index (χ2n) is 21.6. The quantitative estimate of drug-likeness (QED) is 0.0261. The molecule has 0 aliphatic carbocycles. The fourth-order valence-electron chi connectivity index (χ4n) is 9.11. The van der Waals surface area contributed by atoms with Crippen molar-refractivity contribution < 1.29 is 28.6 Å². The largest absolute Gasteiger partial charge is 0.462 e. The molecular weight excluding hydrogens is 961 g/mol. The van der Waals surface area contributed by atoms with Crippen LogP contribution in [-0.4, -0.2) is 37.2 Å². The molecule has 0 heterocycles. The van der Waals surface area contributed by atoms with E-state index in [4.69, 9.17) is 14.2 Å². The molecule has 0 aromatic carbocycles. The summed E-state index contributed by atoms with van der Waals surface area (Å²) in [6, 6.07) is 0.